The zero-order valence-corrected chi connectivity index (χ0v) is 16.3. The van der Waals surface area contributed by atoms with E-state index in [0.29, 0.717) is 15.8 Å². The van der Waals surface area contributed by atoms with Crippen LogP contribution in [-0.2, 0) is 0 Å². The fourth-order valence-corrected chi connectivity index (χ4v) is 15.1. The Bertz CT molecular complexity index is 310. The fourth-order valence-electron chi connectivity index (χ4n) is 6.19. The van der Waals surface area contributed by atoms with Gasteiger partial charge in [0.1, 0.15) is 0 Å². The molecule has 4 rings (SSSR count). The van der Waals surface area contributed by atoms with E-state index in [-0.39, 0.29) is 0 Å². The molecule has 0 N–H and O–H groups in total. The van der Waals surface area contributed by atoms with E-state index in [2.05, 4.69) is 0 Å². The molecule has 2 aliphatic carbocycles. The summed E-state index contributed by atoms with van der Waals surface area (Å²) in [6.07, 6.45) is 25.7. The highest BCUT2D eigenvalue weighted by Crippen LogP contribution is 2.68. The van der Waals surface area contributed by atoms with Crippen LogP contribution in [0.5, 0.6) is 0 Å². The summed E-state index contributed by atoms with van der Waals surface area (Å²) in [5, 5.41) is 0. The first-order chi connectivity index (χ1) is 10.9. The lowest BCUT2D eigenvalue weighted by Crippen LogP contribution is -2.26. The molecule has 2 aliphatic heterocycles. The quantitative estimate of drug-likeness (QED) is 0.489. The van der Waals surface area contributed by atoms with Crippen molar-refractivity contribution in [3.8, 4) is 0 Å². The van der Waals surface area contributed by atoms with E-state index < -0.39 is 0 Å². The van der Waals surface area contributed by atoms with Crippen LogP contribution >= 0.6 is 15.8 Å². The summed E-state index contributed by atoms with van der Waals surface area (Å²) >= 11 is 0. The Morgan fingerprint density at radius 3 is 1.23 bits per heavy atom. The molecule has 22 heavy (non-hydrogen) atoms. The summed E-state index contributed by atoms with van der Waals surface area (Å²) < 4.78 is 0. The zero-order valence-electron chi connectivity index (χ0n) is 14.5. The maximum Gasteiger partial charge on any atom is -0.0139 e. The Hall–Kier alpha value is 0.860. The standard InChI is InChI=1S/C20H36P2/c1-3-9-17(10-4-1)21-15-7-13-19(21)20-14-8-16-22(20)18-11-5-2-6-12-18/h17-20H,1-16H2/t19-,20-,21-,22-/m1/s1. The first-order valence-corrected chi connectivity index (χ1v) is 13.8. The second-order valence-corrected chi connectivity index (χ2v) is 14.2. The number of hydrogen-bond donors (Lipinski definition) is 0. The lowest BCUT2D eigenvalue weighted by Gasteiger charge is -2.40. The second-order valence-electron chi connectivity index (χ2n) is 8.48. The highest BCUT2D eigenvalue weighted by Gasteiger charge is 2.44. The topological polar surface area (TPSA) is 0 Å². The van der Waals surface area contributed by atoms with E-state index in [1.165, 1.54) is 22.6 Å². The normalized spacial score (nSPS) is 42.0. The highest BCUT2D eigenvalue weighted by molar-refractivity contribution is 7.64. The molecule has 126 valence electrons. The van der Waals surface area contributed by atoms with Crippen molar-refractivity contribution in [3.05, 3.63) is 0 Å². The van der Waals surface area contributed by atoms with Crippen molar-refractivity contribution in [2.75, 3.05) is 12.3 Å². The summed E-state index contributed by atoms with van der Waals surface area (Å²) in [7, 11) is 0.862. The van der Waals surface area contributed by atoms with Gasteiger partial charge in [0.15, 0.2) is 0 Å². The predicted molar refractivity (Wildman–Crippen MR) is 103 cm³/mol. The van der Waals surface area contributed by atoms with Gasteiger partial charge in [0, 0.05) is 0 Å². The zero-order chi connectivity index (χ0) is 14.8. The van der Waals surface area contributed by atoms with Crippen molar-refractivity contribution < 1.29 is 0 Å². The molecule has 2 heterocycles. The van der Waals surface area contributed by atoms with Gasteiger partial charge in [-0.25, -0.2) is 0 Å². The first-order valence-electron chi connectivity index (χ1n) is 10.4. The minimum atomic E-state index is 0.431. The van der Waals surface area contributed by atoms with E-state index >= 15 is 0 Å². The molecule has 2 heteroatoms. The highest BCUT2D eigenvalue weighted by atomic mass is 31.1. The third kappa shape index (κ3) is 3.45. The van der Waals surface area contributed by atoms with E-state index in [1.807, 2.05) is 0 Å². The first kappa shape index (κ1) is 16.3. The molecule has 0 aromatic rings. The van der Waals surface area contributed by atoms with Crippen molar-refractivity contribution in [2.45, 2.75) is 113 Å². The molecule has 0 spiro atoms. The molecule has 0 aromatic heterocycles. The molecule has 0 nitrogen and oxygen atoms in total. The second kappa shape index (κ2) is 7.83. The number of hydrogen-bond acceptors (Lipinski definition) is 0. The third-order valence-electron chi connectivity index (χ3n) is 7.22. The van der Waals surface area contributed by atoms with Crippen molar-refractivity contribution >= 4 is 15.8 Å². The van der Waals surface area contributed by atoms with Gasteiger partial charge < -0.3 is 0 Å². The van der Waals surface area contributed by atoms with Crippen LogP contribution in [0.15, 0.2) is 0 Å². The van der Waals surface area contributed by atoms with Gasteiger partial charge in [0.05, 0.1) is 0 Å². The molecule has 0 unspecified atom stereocenters. The molecule has 2 saturated heterocycles. The van der Waals surface area contributed by atoms with Gasteiger partial charge in [-0.05, 0) is 86.3 Å². The summed E-state index contributed by atoms with van der Waals surface area (Å²) in [6.45, 7) is 0. The van der Waals surface area contributed by atoms with Crippen LogP contribution in [0.3, 0.4) is 0 Å². The summed E-state index contributed by atoms with van der Waals surface area (Å²) in [4.78, 5) is 0. The Morgan fingerprint density at radius 2 is 0.818 bits per heavy atom. The molecule has 4 atom stereocenters. The minimum Gasteiger partial charge on any atom is -0.0997 e. The molecule has 2 saturated carbocycles. The van der Waals surface area contributed by atoms with Crippen LogP contribution in [0.4, 0.5) is 0 Å². The summed E-state index contributed by atoms with van der Waals surface area (Å²) in [5.41, 5.74) is 4.90. The molecule has 0 bridgehead atoms. The Balaban J connectivity index is 1.44. The van der Waals surface area contributed by atoms with E-state index in [0.717, 1.165) is 0 Å². The average molecular weight is 338 g/mol. The van der Waals surface area contributed by atoms with Crippen molar-refractivity contribution in [2.24, 2.45) is 0 Å². The van der Waals surface area contributed by atoms with Gasteiger partial charge >= 0.3 is 0 Å². The average Bonchev–Trinajstić information content (AvgIpc) is 3.25. The van der Waals surface area contributed by atoms with Gasteiger partial charge in [-0.1, -0.05) is 54.4 Å². The van der Waals surface area contributed by atoms with Crippen LogP contribution in [0, 0.1) is 0 Å². The largest absolute Gasteiger partial charge is 0.0997 e. The maximum atomic E-state index is 1.68. The van der Waals surface area contributed by atoms with Gasteiger partial charge in [-0.3, -0.25) is 0 Å². The maximum absolute atomic E-state index is 1.68. The Labute approximate surface area is 141 Å². The summed E-state index contributed by atoms with van der Waals surface area (Å²) in [5.74, 6) is 0. The van der Waals surface area contributed by atoms with Gasteiger partial charge in [-0.2, -0.15) is 0 Å². The molecular formula is C20H36P2. The Morgan fingerprint density at radius 1 is 0.409 bits per heavy atom. The molecule has 0 amide bonds. The van der Waals surface area contributed by atoms with Crippen LogP contribution in [0.25, 0.3) is 0 Å². The third-order valence-corrected chi connectivity index (χ3v) is 15.0. The molecular weight excluding hydrogens is 302 g/mol. The van der Waals surface area contributed by atoms with Gasteiger partial charge in [-0.15, -0.1) is 0 Å². The van der Waals surface area contributed by atoms with E-state index in [1.54, 1.807) is 102 Å². The SMILES string of the molecule is C1CCC([P@@]2CCC[C@@H]2[C@H]2CCC[P@]2C2CCCCC2)CC1. The van der Waals surface area contributed by atoms with Crippen molar-refractivity contribution in [1.82, 2.24) is 0 Å². The summed E-state index contributed by atoms with van der Waals surface area (Å²) in [6, 6.07) is 0. The molecule has 0 radical (unpaired) electrons. The van der Waals surface area contributed by atoms with E-state index in [4.69, 9.17) is 0 Å². The van der Waals surface area contributed by atoms with Crippen molar-refractivity contribution in [1.29, 1.82) is 0 Å². The van der Waals surface area contributed by atoms with Crippen LogP contribution in [0.2, 0.25) is 0 Å². The lowest BCUT2D eigenvalue weighted by molar-refractivity contribution is 0.505. The molecule has 4 aliphatic rings. The fraction of sp³-hybridized carbons (Fsp3) is 1.00. The Kier molecular flexibility index (Phi) is 5.81. The smallest absolute Gasteiger partial charge is 0.0139 e. The predicted octanol–water partition coefficient (Wildman–Crippen LogP) is 6.94. The number of rotatable bonds is 3. The van der Waals surface area contributed by atoms with Crippen LogP contribution < -0.4 is 0 Å². The van der Waals surface area contributed by atoms with Crippen molar-refractivity contribution in [3.63, 3.8) is 0 Å². The molecule has 4 fully saturated rings. The molecule has 0 aromatic carbocycles. The van der Waals surface area contributed by atoms with Gasteiger partial charge in [0.2, 0.25) is 0 Å². The van der Waals surface area contributed by atoms with E-state index in [9.17, 15) is 0 Å². The van der Waals surface area contributed by atoms with Gasteiger partial charge in [0.25, 0.3) is 0 Å². The van der Waals surface area contributed by atoms with Crippen LogP contribution in [0.1, 0.15) is 89.9 Å². The lowest BCUT2D eigenvalue weighted by atomic mass is 10.0. The van der Waals surface area contributed by atoms with Crippen LogP contribution in [-0.4, -0.2) is 35.0 Å². The minimum absolute atomic E-state index is 0.431. The monoisotopic (exact) mass is 338 g/mol.